The van der Waals surface area contributed by atoms with Gasteiger partial charge in [0.25, 0.3) is 5.56 Å². The third kappa shape index (κ3) is 10.0. The average Bonchev–Trinajstić information content (AvgIpc) is 3.17. The van der Waals surface area contributed by atoms with Crippen molar-refractivity contribution in [2.75, 3.05) is 30.9 Å². The van der Waals surface area contributed by atoms with Gasteiger partial charge in [-0.3, -0.25) is 24.3 Å². The Morgan fingerprint density at radius 1 is 0.875 bits per heavy atom. The highest BCUT2D eigenvalue weighted by Crippen LogP contribution is 2.36. The van der Waals surface area contributed by atoms with Crippen molar-refractivity contribution in [1.82, 2.24) is 24.8 Å². The molecule has 2 atom stereocenters. The molecule has 1 fully saturated rings. The van der Waals surface area contributed by atoms with Crippen molar-refractivity contribution < 1.29 is 19.1 Å². The maximum absolute atomic E-state index is 13.6. The minimum absolute atomic E-state index is 0.0411. The van der Waals surface area contributed by atoms with Crippen LogP contribution in [-0.2, 0) is 9.59 Å². The number of aromatic nitrogens is 4. The van der Waals surface area contributed by atoms with Crippen molar-refractivity contribution >= 4 is 61.1 Å². The molecule has 1 aliphatic heterocycles. The number of carbonyl (C=O) groups excluding carboxylic acids is 2. The lowest BCUT2D eigenvalue weighted by Gasteiger charge is -2.24. The minimum atomic E-state index is -0.742. The summed E-state index contributed by atoms with van der Waals surface area (Å²) in [7, 11) is 1.66. The van der Waals surface area contributed by atoms with E-state index in [0.717, 1.165) is 71.1 Å². The molecule has 3 N–H and O–H groups in total. The number of hydrogen-bond donors (Lipinski definition) is 3. The van der Waals surface area contributed by atoms with Crippen molar-refractivity contribution in [3.8, 4) is 11.5 Å². The molecule has 6 rings (SSSR count). The van der Waals surface area contributed by atoms with Gasteiger partial charge in [0.15, 0.2) is 11.5 Å². The van der Waals surface area contributed by atoms with E-state index in [1.807, 2.05) is 49.4 Å². The number of piperidine rings is 1. The van der Waals surface area contributed by atoms with Gasteiger partial charge in [-0.15, -0.1) is 0 Å². The van der Waals surface area contributed by atoms with Crippen molar-refractivity contribution in [2.45, 2.75) is 103 Å². The van der Waals surface area contributed by atoms with E-state index in [1.165, 1.54) is 30.3 Å². The Morgan fingerprint density at radius 3 is 2.34 bits per heavy atom. The highest BCUT2D eigenvalue weighted by molar-refractivity contribution is 9.10. The number of halogens is 1. The molecule has 0 aliphatic carbocycles. The molecule has 13 heteroatoms. The van der Waals surface area contributed by atoms with Gasteiger partial charge in [0, 0.05) is 34.6 Å². The van der Waals surface area contributed by atoms with Gasteiger partial charge in [0.1, 0.15) is 23.5 Å². The maximum Gasteiger partial charge on any atom is 0.264 e. The van der Waals surface area contributed by atoms with Gasteiger partial charge >= 0.3 is 0 Å². The Hall–Kier alpha value is -5.04. The number of ether oxygens (including phenoxy) is 2. The van der Waals surface area contributed by atoms with Crippen LogP contribution >= 0.6 is 15.9 Å². The third-order valence-electron chi connectivity index (χ3n) is 10.3. The van der Waals surface area contributed by atoms with Gasteiger partial charge < -0.3 is 20.1 Å². The van der Waals surface area contributed by atoms with E-state index in [-0.39, 0.29) is 30.3 Å². The zero-order valence-corrected chi connectivity index (χ0v) is 34.3. The predicted molar refractivity (Wildman–Crippen MR) is 225 cm³/mol. The number of rotatable bonds is 19. The van der Waals surface area contributed by atoms with Gasteiger partial charge in [0.05, 0.1) is 36.2 Å². The summed E-state index contributed by atoms with van der Waals surface area (Å²) in [6.45, 7) is 7.09. The number of benzene rings is 3. The maximum atomic E-state index is 13.6. The monoisotopic (exact) mass is 825 g/mol. The molecule has 3 aromatic carbocycles. The molecular formula is C43H52BrN7O5. The summed E-state index contributed by atoms with van der Waals surface area (Å²) < 4.78 is 14.4. The van der Waals surface area contributed by atoms with Crippen LogP contribution in [0.25, 0.3) is 21.8 Å². The molecule has 1 unspecified atom stereocenters. The van der Waals surface area contributed by atoms with E-state index in [1.54, 1.807) is 14.0 Å². The SMILES string of the molecule is COc1cc2c(N[C@H](C)c3cccc(Br)c3)nc(C)nc2cc1OCCCCCCCCCCCNc1cccc2nc(C)n(C3CCC(=O)NC3=O)c(=O)c12. The van der Waals surface area contributed by atoms with Gasteiger partial charge in [-0.25, -0.2) is 15.0 Å². The van der Waals surface area contributed by atoms with Crippen molar-refractivity contribution in [2.24, 2.45) is 0 Å². The number of nitrogens with zero attached hydrogens (tertiary/aromatic N) is 4. The molecule has 0 spiro atoms. The molecule has 296 valence electrons. The Bertz CT molecular complexity index is 2240. The first-order valence-corrected chi connectivity index (χ1v) is 20.5. The third-order valence-corrected chi connectivity index (χ3v) is 10.8. The van der Waals surface area contributed by atoms with Crippen LogP contribution in [0.5, 0.6) is 11.5 Å². The number of hydrogen-bond acceptors (Lipinski definition) is 10. The molecule has 1 saturated heterocycles. The summed E-state index contributed by atoms with van der Waals surface area (Å²) in [5.41, 5.74) is 3.01. The number of methoxy groups -OCH3 is 1. The number of amides is 2. The van der Waals surface area contributed by atoms with Crippen LogP contribution < -0.4 is 31.0 Å². The van der Waals surface area contributed by atoms with E-state index in [0.29, 0.717) is 40.7 Å². The average molecular weight is 827 g/mol. The van der Waals surface area contributed by atoms with Crippen molar-refractivity contribution in [3.63, 3.8) is 0 Å². The highest BCUT2D eigenvalue weighted by Gasteiger charge is 2.31. The lowest BCUT2D eigenvalue weighted by molar-refractivity contribution is -0.135. The first-order valence-electron chi connectivity index (χ1n) is 19.7. The second kappa shape index (κ2) is 19.2. The van der Waals surface area contributed by atoms with E-state index in [9.17, 15) is 14.4 Å². The molecule has 5 aromatic rings. The van der Waals surface area contributed by atoms with Crippen molar-refractivity contribution in [1.29, 1.82) is 0 Å². The predicted octanol–water partition coefficient (Wildman–Crippen LogP) is 8.88. The molecule has 3 heterocycles. The Kier molecular flexibility index (Phi) is 13.9. The van der Waals surface area contributed by atoms with E-state index < -0.39 is 11.9 Å². The molecule has 1 aliphatic rings. The number of anilines is 2. The first kappa shape index (κ1) is 40.6. The number of aryl methyl sites for hydroxylation is 2. The highest BCUT2D eigenvalue weighted by atomic mass is 79.9. The van der Waals surface area contributed by atoms with Gasteiger partial charge in [0.2, 0.25) is 11.8 Å². The summed E-state index contributed by atoms with van der Waals surface area (Å²) >= 11 is 3.57. The zero-order valence-electron chi connectivity index (χ0n) is 32.8. The van der Waals surface area contributed by atoms with Crippen LogP contribution in [0.4, 0.5) is 11.5 Å². The van der Waals surface area contributed by atoms with E-state index >= 15 is 0 Å². The Balaban J connectivity index is 0.892. The normalized spacial score (nSPS) is 14.8. The second-order valence-electron chi connectivity index (χ2n) is 14.5. The molecular weight excluding hydrogens is 774 g/mol. The van der Waals surface area contributed by atoms with Gasteiger partial charge in [-0.05, 0) is 75.9 Å². The fourth-order valence-electron chi connectivity index (χ4n) is 7.37. The topological polar surface area (TPSA) is 149 Å². The molecule has 0 radical (unpaired) electrons. The van der Waals surface area contributed by atoms with Crippen LogP contribution in [0, 0.1) is 13.8 Å². The van der Waals surface area contributed by atoms with E-state index in [4.69, 9.17) is 19.4 Å². The number of carbonyl (C=O) groups is 2. The molecule has 0 saturated carbocycles. The van der Waals surface area contributed by atoms with Crippen LogP contribution in [0.1, 0.15) is 107 Å². The summed E-state index contributed by atoms with van der Waals surface area (Å²) in [5, 5.41) is 10.7. The van der Waals surface area contributed by atoms with Gasteiger partial charge in [-0.1, -0.05) is 79.1 Å². The number of fused-ring (bicyclic) bond motifs is 2. The molecule has 56 heavy (non-hydrogen) atoms. The quantitative estimate of drug-likeness (QED) is 0.0545. The van der Waals surface area contributed by atoms with Crippen LogP contribution in [0.3, 0.4) is 0 Å². The largest absolute Gasteiger partial charge is 0.493 e. The van der Waals surface area contributed by atoms with Crippen LogP contribution in [-0.4, -0.2) is 51.6 Å². The second-order valence-corrected chi connectivity index (χ2v) is 15.4. The Morgan fingerprint density at radius 2 is 1.61 bits per heavy atom. The number of imide groups is 1. The standard InChI is InChI=1S/C43H52BrN7O5/c1-27(30-16-14-17-31(44)24-30)46-41-32-25-37(55-4)38(26-35(32)47-28(2)48-41)56-23-13-11-9-7-5-6-8-10-12-22-45-33-18-15-19-34-40(33)43(54)51(29(3)49-34)36-20-21-39(52)50-42(36)53/h14-19,24-27,36,45H,5-13,20-23H2,1-4H3,(H,46,47,48)(H,50,52,53)/t27-,36?/m1/s1. The molecule has 2 amide bonds. The first-order chi connectivity index (χ1) is 27.1. The van der Waals surface area contributed by atoms with Crippen LogP contribution in [0.15, 0.2) is 63.9 Å². The van der Waals surface area contributed by atoms with E-state index in [2.05, 4.69) is 55.9 Å². The summed E-state index contributed by atoms with van der Waals surface area (Å²) in [5.74, 6) is 2.49. The Labute approximate surface area is 336 Å². The lowest BCUT2D eigenvalue weighted by Crippen LogP contribution is -2.45. The summed E-state index contributed by atoms with van der Waals surface area (Å²) in [6.07, 6.45) is 10.6. The fraction of sp³-hybridized carbons (Fsp3) is 0.442. The molecule has 2 aromatic heterocycles. The van der Waals surface area contributed by atoms with Crippen molar-refractivity contribution in [3.05, 3.63) is 86.6 Å². The number of unbranched alkanes of at least 4 members (excludes halogenated alkanes) is 8. The minimum Gasteiger partial charge on any atom is -0.493 e. The number of nitrogens with one attached hydrogen (secondary N) is 3. The zero-order chi connectivity index (χ0) is 39.6. The molecule has 0 bridgehead atoms. The summed E-state index contributed by atoms with van der Waals surface area (Å²) in [4.78, 5) is 51.9. The lowest BCUT2D eigenvalue weighted by atomic mass is 10.1. The van der Waals surface area contributed by atoms with Crippen LogP contribution in [0.2, 0.25) is 0 Å². The van der Waals surface area contributed by atoms with Gasteiger partial charge in [-0.2, -0.15) is 0 Å². The fourth-order valence-corrected chi connectivity index (χ4v) is 7.78. The summed E-state index contributed by atoms with van der Waals surface area (Å²) in [6, 6.07) is 17.0. The smallest absolute Gasteiger partial charge is 0.264 e. The molecule has 12 nitrogen and oxygen atoms in total.